The zero-order valence-electron chi connectivity index (χ0n) is 62.5. The van der Waals surface area contributed by atoms with Gasteiger partial charge in [-0.2, -0.15) is 0 Å². The number of nitrogens with zero attached hydrogens (tertiary/aromatic N) is 4. The number of rotatable bonds is 18. The minimum atomic E-state index is -0.980. The Morgan fingerprint density at radius 2 is 0.649 bits per heavy atom. The van der Waals surface area contributed by atoms with Crippen LogP contribution in [0.15, 0.2) is 412 Å². The summed E-state index contributed by atoms with van der Waals surface area (Å²) in [7, 11) is -1.78. The number of esters is 1. The van der Waals surface area contributed by atoms with Gasteiger partial charge in [0.05, 0.1) is 18.1 Å². The van der Waals surface area contributed by atoms with Crippen LogP contribution in [0.4, 0.5) is 0 Å². The molecule has 1 unspecified atom stereocenters. The fourth-order valence-electron chi connectivity index (χ4n) is 13.2. The van der Waals surface area contributed by atoms with Crippen molar-refractivity contribution >= 4 is 101 Å². The molecule has 0 spiro atoms. The summed E-state index contributed by atoms with van der Waals surface area (Å²) in [6.07, 6.45) is 10.9. The molecule has 0 aliphatic heterocycles. The van der Waals surface area contributed by atoms with Crippen LogP contribution in [0.3, 0.4) is 0 Å². The molecular weight excluding hydrogens is 1520 g/mol. The van der Waals surface area contributed by atoms with Gasteiger partial charge in [-0.05, 0) is 153 Å². The van der Waals surface area contributed by atoms with Gasteiger partial charge in [-0.15, -0.1) is 6.58 Å². The van der Waals surface area contributed by atoms with Crippen LogP contribution in [-0.2, 0) is 30.0 Å². The van der Waals surface area contributed by atoms with E-state index in [1.807, 2.05) is 6.07 Å². The molecule has 6 nitrogen and oxygen atoms in total. The number of allylic oxidation sites excluding steroid dienone is 2. The van der Waals surface area contributed by atoms with Gasteiger partial charge in [0.25, 0.3) is 5.70 Å². The Bertz CT molecular complexity index is 4070. The van der Waals surface area contributed by atoms with E-state index in [9.17, 15) is 4.79 Å². The number of ether oxygens (including phenoxy) is 1. The molecular formula is C100H96N4O2P4Pd. The summed E-state index contributed by atoms with van der Waals surface area (Å²) in [4.78, 5) is 22.5. The Kier molecular flexibility index (Phi) is 38.0. The van der Waals surface area contributed by atoms with Crippen molar-refractivity contribution in [3.05, 3.63) is 446 Å². The van der Waals surface area contributed by atoms with Gasteiger partial charge in [0, 0.05) is 20.4 Å². The first-order valence-electron chi connectivity index (χ1n) is 36.8. The molecule has 0 amide bonds. The van der Waals surface area contributed by atoms with Gasteiger partial charge in [0.1, 0.15) is 18.6 Å². The zero-order valence-corrected chi connectivity index (χ0v) is 67.6. The minimum Gasteiger partial charge on any atom is -0.461 e. The molecule has 0 bridgehead atoms. The molecule has 12 aromatic carbocycles. The minimum absolute atomic E-state index is 0. The van der Waals surface area contributed by atoms with E-state index < -0.39 is 42.8 Å². The number of hydrogen-bond acceptors (Lipinski definition) is 3. The molecule has 1 atom stereocenters. The van der Waals surface area contributed by atoms with E-state index in [1.165, 1.54) is 81.7 Å². The monoisotopic (exact) mass is 1610 g/mol. The fraction of sp³-hybridized carbons (Fsp3) is 0.150. The Labute approximate surface area is 680 Å². The first-order chi connectivity index (χ1) is 53.6. The number of nitriles is 1. The van der Waals surface area contributed by atoms with Crippen LogP contribution in [0.5, 0.6) is 0 Å². The third kappa shape index (κ3) is 25.5. The van der Waals surface area contributed by atoms with Crippen molar-refractivity contribution < 1.29 is 30.0 Å². The van der Waals surface area contributed by atoms with Gasteiger partial charge in [0.15, 0.2) is 0 Å². The molecule has 0 aromatic heterocycles. The van der Waals surface area contributed by atoms with Crippen molar-refractivity contribution in [1.29, 1.82) is 5.26 Å². The van der Waals surface area contributed by atoms with Crippen molar-refractivity contribution in [3.63, 3.8) is 0 Å². The Morgan fingerprint density at radius 3 is 0.847 bits per heavy atom. The second-order valence-corrected chi connectivity index (χ2v) is 34.7. The van der Waals surface area contributed by atoms with Crippen LogP contribution in [-0.4, -0.2) is 18.2 Å². The molecule has 0 heterocycles. The average Bonchev–Trinajstić information content (AvgIpc) is 0.789. The largest absolute Gasteiger partial charge is 0.509 e. The number of benzene rings is 12. The van der Waals surface area contributed by atoms with Crippen LogP contribution in [0.2, 0.25) is 0 Å². The fourth-order valence-corrected chi connectivity index (χ4v) is 22.4. The van der Waals surface area contributed by atoms with Crippen LogP contribution in [0.25, 0.3) is 14.5 Å². The number of hydrogen-bond donors (Lipinski definition) is 0. The standard InChI is InChI=1S/4C18H15P.C14H16N2O2.C13H16N2.CH4.Pd/c4*1-4-10-16(11-5-1)19(17-12-6-2-7-13-17)18-14-8-3-9-15-18;1-4-9-18-13(17)14(2)8-6-5-7-11(14)12(10-15)16-3;1-5-10-13(14-3,15-4)12-9-7-6-8-11(12)2;;/h4*1-15H;4H,1,5-9H2,2H3;5H,1,6-10H2,2H3;1H4;/b;;;;12-11+;;;. The molecule has 0 N–H and O–H groups in total. The van der Waals surface area contributed by atoms with E-state index in [0.717, 1.165) is 37.7 Å². The van der Waals surface area contributed by atoms with E-state index in [0.29, 0.717) is 24.8 Å². The van der Waals surface area contributed by atoms with E-state index >= 15 is 0 Å². The molecule has 2 aliphatic carbocycles. The van der Waals surface area contributed by atoms with Gasteiger partial charge in [0.2, 0.25) is 0 Å². The van der Waals surface area contributed by atoms with E-state index in [4.69, 9.17) is 29.7 Å². The van der Waals surface area contributed by atoms with Crippen molar-refractivity contribution in [2.45, 2.75) is 84.7 Å². The first-order valence-corrected chi connectivity index (χ1v) is 42.1. The van der Waals surface area contributed by atoms with Gasteiger partial charge >= 0.3 is 11.6 Å². The van der Waals surface area contributed by atoms with Crippen molar-refractivity contribution in [3.8, 4) is 6.07 Å². The van der Waals surface area contributed by atoms with Crippen LogP contribution < -0.4 is 63.7 Å². The summed E-state index contributed by atoms with van der Waals surface area (Å²) in [5.41, 5.74) is 1.14. The third-order valence-corrected chi connectivity index (χ3v) is 28.3. The molecule has 1 saturated carbocycles. The maximum absolute atomic E-state index is 12.1. The Balaban J connectivity index is 0.000000185. The van der Waals surface area contributed by atoms with Crippen LogP contribution >= 0.6 is 31.7 Å². The molecule has 11 heteroatoms. The topological polar surface area (TPSA) is 63.2 Å². The van der Waals surface area contributed by atoms with Crippen LogP contribution in [0, 0.1) is 36.5 Å². The first kappa shape index (κ1) is 87.6. The Hall–Kier alpha value is -10.6. The van der Waals surface area contributed by atoms with E-state index in [2.05, 4.69) is 399 Å². The summed E-state index contributed by atoms with van der Waals surface area (Å²) >= 11 is 0. The van der Waals surface area contributed by atoms with E-state index in [1.54, 1.807) is 13.0 Å². The molecule has 2 aliphatic rings. The molecule has 558 valence electrons. The summed E-state index contributed by atoms with van der Waals surface area (Å²) in [5, 5.41) is 25.8. The SMILES string of the molecule is C.[C-]#[N+]/C(C#N)=C1\CCCCC1(C)C(=O)OCC=C.[C-]#[N+]C(CC=C)([N+]#[C-])C1=C(C)CCCC1.[Pd].c1ccc(P(c2ccccc2)c2ccccc2)cc1.c1ccc(P(c2ccccc2)c2ccccc2)cc1.c1ccc(P(c2ccccc2)c2ccccc2)cc1.c1ccc(P(c2ccccc2)c2ccccc2)cc1. The quantitative estimate of drug-likeness (QED) is 0.0215. The maximum atomic E-state index is 12.1. The molecule has 0 radical (unpaired) electrons. The van der Waals surface area contributed by atoms with Crippen molar-refractivity contribution in [2.24, 2.45) is 5.41 Å². The summed E-state index contributed by atoms with van der Waals surface area (Å²) in [6.45, 7) is 32.7. The predicted molar refractivity (Wildman–Crippen MR) is 476 cm³/mol. The zero-order chi connectivity index (χ0) is 76.6. The predicted octanol–water partition coefficient (Wildman–Crippen LogP) is 21.4. The third-order valence-electron chi connectivity index (χ3n) is 18.5. The van der Waals surface area contributed by atoms with Gasteiger partial charge < -0.3 is 4.74 Å². The van der Waals surface area contributed by atoms with Gasteiger partial charge in [-0.25, -0.2) is 32.9 Å². The maximum Gasteiger partial charge on any atom is 0.509 e. The van der Waals surface area contributed by atoms with Crippen molar-refractivity contribution in [2.75, 3.05) is 6.61 Å². The second kappa shape index (κ2) is 48.1. The average molecular weight is 1620 g/mol. The smallest absolute Gasteiger partial charge is 0.461 e. The van der Waals surface area contributed by atoms with Gasteiger partial charge in [-0.1, -0.05) is 409 Å². The van der Waals surface area contributed by atoms with Crippen molar-refractivity contribution in [1.82, 2.24) is 0 Å². The summed E-state index contributed by atoms with van der Waals surface area (Å²) in [5.74, 6) is -0.367. The second-order valence-electron chi connectivity index (χ2n) is 25.8. The molecule has 111 heavy (non-hydrogen) atoms. The molecule has 14 rings (SSSR count). The molecule has 1 fully saturated rings. The molecule has 12 aromatic rings. The van der Waals surface area contributed by atoms with Gasteiger partial charge in [-0.3, -0.25) is 4.79 Å². The van der Waals surface area contributed by atoms with E-state index in [-0.39, 0.29) is 46.1 Å². The van der Waals surface area contributed by atoms with Crippen LogP contribution in [0.1, 0.15) is 79.1 Å². The number of carbonyl (C=O) groups is 1. The normalized spacial score (nSPS) is 13.6. The molecule has 0 saturated heterocycles. The number of carbonyl (C=O) groups excluding carboxylic acids is 1. The Morgan fingerprint density at radius 1 is 0.414 bits per heavy atom. The summed E-state index contributed by atoms with van der Waals surface area (Å²) < 4.78 is 5.10. The summed E-state index contributed by atoms with van der Waals surface area (Å²) in [6, 6.07) is 131.